The number of hydrogen-bond acceptors (Lipinski definition) is 17. The van der Waals surface area contributed by atoms with Crippen LogP contribution < -0.4 is 14.2 Å². The smallest absolute Gasteiger partial charge is 0.452 e. The van der Waals surface area contributed by atoms with Gasteiger partial charge in [-0.3, -0.25) is 0 Å². The van der Waals surface area contributed by atoms with Crippen LogP contribution in [0.5, 0.6) is 28.7 Å². The molecule has 0 aromatic heterocycles. The molecular formula is C52H73N3O18S. The van der Waals surface area contributed by atoms with Crippen LogP contribution in [0.15, 0.2) is 72.9 Å². The van der Waals surface area contributed by atoms with E-state index in [1.54, 1.807) is 12.1 Å². The van der Waals surface area contributed by atoms with Crippen molar-refractivity contribution in [1.29, 1.82) is 0 Å². The van der Waals surface area contributed by atoms with Gasteiger partial charge in [0.1, 0.15) is 42.4 Å². The summed E-state index contributed by atoms with van der Waals surface area (Å²) in [5, 5.41) is 66.3. The summed E-state index contributed by atoms with van der Waals surface area (Å²) in [6, 6.07) is 13.5. The fraction of sp³-hybridized carbons (Fsp3) is 0.538. The maximum absolute atomic E-state index is 10.5. The van der Waals surface area contributed by atoms with Crippen molar-refractivity contribution in [3.05, 3.63) is 112 Å². The fourth-order valence-corrected chi connectivity index (χ4v) is 15.9. The first kappa shape index (κ1) is 55.5. The molecule has 0 saturated carbocycles. The number of likely N-dealkylation sites (tertiary alicyclic amines) is 3. The molecule has 15 N–H and O–H groups in total. The Morgan fingerprint density at radius 3 is 1.16 bits per heavy atom. The fourth-order valence-electron chi connectivity index (χ4n) is 15.9. The Balaban J connectivity index is 0.000000168. The van der Waals surface area contributed by atoms with E-state index < -0.39 is 28.7 Å². The normalized spacial score (nSPS) is 37.4. The second-order valence-corrected chi connectivity index (χ2v) is 22.8. The van der Waals surface area contributed by atoms with E-state index in [4.69, 9.17) is 24.7 Å². The zero-order valence-corrected chi connectivity index (χ0v) is 42.3. The standard InChI is InChI=1S/C18H21NO2.2C17H19NO3.H2O6S.4H2O.2H2/c1-10-3-4-11-9-13-12-5-6-14(20)17-18(12,7-8-19(13)2)15(11)16(10)21-17;2*1-18-7-6-17-10-3-5-13(20)16(17)21-15-12(19)4-2-9(14(15)17)8-11(10)18;1-5-7(3,4)6-2;;;;;;/h3-6,12-14,17,20H,7-9H2,1-2H3;2*2-5,10-11,13,16,19-20H,6-8H2,1H3;1-2H;4*1H2;2*1H/t12-,13?,14-,17-,18-;2*10-,11?,13-,16-,17-;;;;;;;/m000......./s1. The summed E-state index contributed by atoms with van der Waals surface area (Å²) in [5.41, 5.74) is 8.65. The van der Waals surface area contributed by atoms with E-state index in [2.05, 4.69) is 81.8 Å². The highest BCUT2D eigenvalue weighted by Crippen LogP contribution is 2.65. The molecule has 12 aliphatic rings. The number of aliphatic hydroxyl groups excluding tert-OH is 3. The molecule has 6 aliphatic heterocycles. The molecule has 3 saturated heterocycles. The Labute approximate surface area is 431 Å². The molecule has 22 heteroatoms. The largest absolute Gasteiger partial charge is 0.504 e. The summed E-state index contributed by atoms with van der Waals surface area (Å²) in [4.78, 5) is 7.36. The molecule has 15 atom stereocenters. The minimum absolute atomic E-state index is 0. The molecule has 6 heterocycles. The van der Waals surface area contributed by atoms with Gasteiger partial charge in [0.25, 0.3) is 0 Å². The van der Waals surface area contributed by atoms with E-state index in [1.807, 2.05) is 30.4 Å². The molecular weight excluding hydrogens is 987 g/mol. The second kappa shape index (κ2) is 19.4. The highest BCUT2D eigenvalue weighted by molar-refractivity contribution is 7.81. The number of ether oxygens (including phenoxy) is 3. The van der Waals surface area contributed by atoms with Gasteiger partial charge in [0.15, 0.2) is 23.0 Å². The Hall–Kier alpha value is -4.73. The summed E-state index contributed by atoms with van der Waals surface area (Å²) in [5.74, 6) is 3.91. The van der Waals surface area contributed by atoms with E-state index in [9.17, 15) is 34.0 Å². The number of rotatable bonds is 2. The number of phenolic OH excluding ortho intramolecular Hbond substituents is 2. The quantitative estimate of drug-likeness (QED) is 0.105. The predicted molar refractivity (Wildman–Crippen MR) is 271 cm³/mol. The number of hydrogen-bond donors (Lipinski definition) is 7. The van der Waals surface area contributed by atoms with Crippen molar-refractivity contribution in [3.63, 3.8) is 0 Å². The van der Waals surface area contributed by atoms with Crippen molar-refractivity contribution >= 4 is 10.4 Å². The first-order valence-corrected chi connectivity index (χ1v) is 25.8. The maximum atomic E-state index is 10.5. The van der Waals surface area contributed by atoms with E-state index in [-0.39, 0.29) is 70.8 Å². The predicted octanol–water partition coefficient (Wildman–Crippen LogP) is 0.601. The molecule has 3 fully saturated rings. The lowest BCUT2D eigenvalue weighted by atomic mass is 9.53. The van der Waals surface area contributed by atoms with Crippen molar-refractivity contribution in [1.82, 2.24) is 14.7 Å². The highest BCUT2D eigenvalue weighted by Gasteiger charge is 2.67. The molecule has 6 aliphatic carbocycles. The molecule has 3 unspecified atom stereocenters. The van der Waals surface area contributed by atoms with Crippen LogP contribution in [0.25, 0.3) is 0 Å². The van der Waals surface area contributed by atoms with E-state index in [1.165, 1.54) is 38.9 Å². The van der Waals surface area contributed by atoms with Gasteiger partial charge in [0.2, 0.25) is 0 Å². The number of phenols is 2. The van der Waals surface area contributed by atoms with Gasteiger partial charge < -0.3 is 76.3 Å². The third-order valence-corrected chi connectivity index (χ3v) is 19.2. The number of benzene rings is 3. The first-order chi connectivity index (χ1) is 33.5. The Morgan fingerprint density at radius 1 is 0.527 bits per heavy atom. The molecule has 0 radical (unpaired) electrons. The maximum Gasteiger partial charge on any atom is 0.452 e. The van der Waals surface area contributed by atoms with Gasteiger partial charge in [-0.2, -0.15) is 8.42 Å². The van der Waals surface area contributed by atoms with Crippen LogP contribution in [0.1, 0.15) is 61.1 Å². The van der Waals surface area contributed by atoms with Gasteiger partial charge in [-0.1, -0.05) is 69.4 Å². The number of likely N-dealkylation sites (N-methyl/N-ethyl adjacent to an activating group) is 3. The molecule has 15 rings (SSSR count). The van der Waals surface area contributed by atoms with Crippen LogP contribution in [-0.4, -0.2) is 177 Å². The van der Waals surface area contributed by atoms with Crippen LogP contribution in [-0.2, 0) is 54.6 Å². The van der Waals surface area contributed by atoms with E-state index in [0.717, 1.165) is 63.9 Å². The van der Waals surface area contributed by atoms with Gasteiger partial charge in [0.05, 0.1) is 0 Å². The van der Waals surface area contributed by atoms with Crippen molar-refractivity contribution in [2.45, 2.75) is 116 Å². The molecule has 3 aromatic carbocycles. The van der Waals surface area contributed by atoms with Gasteiger partial charge in [-0.25, -0.2) is 10.5 Å². The van der Waals surface area contributed by atoms with Gasteiger partial charge in [0, 0.05) is 71.7 Å². The summed E-state index contributed by atoms with van der Waals surface area (Å²) < 4.78 is 42.5. The Kier molecular flexibility index (Phi) is 14.5. The summed E-state index contributed by atoms with van der Waals surface area (Å²) in [6.45, 7) is 5.24. The summed E-state index contributed by atoms with van der Waals surface area (Å²) in [7, 11) is 2.07. The average molecular weight is 1060 g/mol. The lowest BCUT2D eigenvalue weighted by Crippen LogP contribution is -2.64. The van der Waals surface area contributed by atoms with Gasteiger partial charge >= 0.3 is 10.4 Å². The number of aryl methyl sites for hydroxylation is 1. The molecule has 6 bridgehead atoms. The van der Waals surface area contributed by atoms with Crippen LogP contribution in [0.2, 0.25) is 0 Å². The molecule has 410 valence electrons. The minimum Gasteiger partial charge on any atom is -0.504 e. The number of piperidine rings is 3. The monoisotopic (exact) mass is 1060 g/mol. The Bertz CT molecular complexity index is 2600. The molecule has 21 nitrogen and oxygen atoms in total. The summed E-state index contributed by atoms with van der Waals surface area (Å²) in [6.07, 6.45) is 16.2. The zero-order valence-electron chi connectivity index (χ0n) is 41.5. The van der Waals surface area contributed by atoms with E-state index in [0.29, 0.717) is 47.4 Å². The van der Waals surface area contributed by atoms with Crippen LogP contribution in [0.4, 0.5) is 0 Å². The van der Waals surface area contributed by atoms with E-state index >= 15 is 0 Å². The third-order valence-electron chi connectivity index (χ3n) is 18.8. The van der Waals surface area contributed by atoms with Crippen LogP contribution >= 0.6 is 0 Å². The third kappa shape index (κ3) is 7.44. The van der Waals surface area contributed by atoms with Gasteiger partial charge in [-0.05, 0) is 121 Å². The highest BCUT2D eigenvalue weighted by atomic mass is 32.3. The number of nitrogens with zero attached hydrogens (tertiary/aromatic N) is 3. The number of aliphatic hydroxyl groups is 3. The van der Waals surface area contributed by atoms with Crippen molar-refractivity contribution < 1.29 is 92.1 Å². The van der Waals surface area contributed by atoms with Crippen molar-refractivity contribution in [2.75, 3.05) is 40.8 Å². The first-order valence-electron chi connectivity index (χ1n) is 24.4. The average Bonchev–Trinajstić information content (AvgIpc) is 4.03. The number of aromatic hydroxyl groups is 2. The van der Waals surface area contributed by atoms with Crippen LogP contribution in [0, 0.1) is 24.7 Å². The summed E-state index contributed by atoms with van der Waals surface area (Å²) >= 11 is 0. The molecule has 3 spiro atoms. The zero-order chi connectivity index (χ0) is 49.0. The lowest BCUT2D eigenvalue weighted by molar-refractivity contribution is -0.198. The molecule has 0 amide bonds. The van der Waals surface area contributed by atoms with Crippen LogP contribution in [0.3, 0.4) is 0 Å². The Morgan fingerprint density at radius 2 is 0.838 bits per heavy atom. The van der Waals surface area contributed by atoms with Crippen molar-refractivity contribution in [2.24, 2.45) is 17.8 Å². The SMILES string of the molecule is CN1CC[C@]23c4c5ccc(O)c4O[C@H]2[C@@H](O)C=C[C@H]3C1C5.CN1CC[C@]23c4c5ccc(O)c4O[C@H]2[C@@H](O)C=C[C@H]3C1C5.Cc1ccc2c3c1O[C@H]1[C@@H](O)C=C[C@H]4C(C2)N(C)CC[C@@]341.O.O.O.O.O=S(=O)(OO)OO.[HH].[HH]. The van der Waals surface area contributed by atoms with Crippen molar-refractivity contribution in [3.8, 4) is 28.7 Å². The lowest BCUT2D eigenvalue weighted by Gasteiger charge is -2.56. The van der Waals surface area contributed by atoms with Gasteiger partial charge in [-0.15, -0.1) is 0 Å². The molecule has 3 aromatic rings. The minimum atomic E-state index is -4.55. The second-order valence-electron chi connectivity index (χ2n) is 21.6. The molecule has 74 heavy (non-hydrogen) atoms. The topological polar surface area (TPSA) is 358 Å².